The predicted octanol–water partition coefficient (Wildman–Crippen LogP) is 0.331. The average molecular weight is 280 g/mol. The number of nitrogens with zero attached hydrogens (tertiary/aromatic N) is 1. The number of furan rings is 1. The lowest BCUT2D eigenvalue weighted by atomic mass is 10.0. The molecule has 2 N–H and O–H groups in total. The van der Waals surface area contributed by atoms with Crippen molar-refractivity contribution in [3.8, 4) is 0 Å². The molecule has 0 aliphatic carbocycles. The van der Waals surface area contributed by atoms with Crippen LogP contribution in [0.3, 0.4) is 0 Å². The first-order valence-electron chi connectivity index (χ1n) is 6.34. The van der Waals surface area contributed by atoms with Crippen molar-refractivity contribution >= 4 is 17.8 Å². The van der Waals surface area contributed by atoms with E-state index in [0.29, 0.717) is 13.0 Å². The van der Waals surface area contributed by atoms with Crippen LogP contribution in [0.15, 0.2) is 22.8 Å². The highest BCUT2D eigenvalue weighted by Gasteiger charge is 2.37. The topological polar surface area (TPSA) is 99.9 Å². The molecule has 0 bridgehead atoms. The summed E-state index contributed by atoms with van der Waals surface area (Å²) in [5, 5.41) is 11.5. The minimum absolute atomic E-state index is 0.135. The zero-order valence-electron chi connectivity index (χ0n) is 11.0. The summed E-state index contributed by atoms with van der Waals surface area (Å²) in [6.45, 7) is 1.93. The number of aliphatic carboxylic acids is 1. The number of carboxylic acid groups (broad SMARTS) is 1. The molecule has 7 heteroatoms. The molecule has 1 aromatic rings. The second-order valence-corrected chi connectivity index (χ2v) is 4.72. The SMILES string of the molecule is CC1C(C(=O)O)CCN1C(=O)CNC(=O)c1ccco1. The molecule has 0 radical (unpaired) electrons. The first-order chi connectivity index (χ1) is 9.50. The first kappa shape index (κ1) is 14.1. The molecule has 20 heavy (non-hydrogen) atoms. The van der Waals surface area contributed by atoms with E-state index < -0.39 is 17.8 Å². The quantitative estimate of drug-likeness (QED) is 0.828. The van der Waals surface area contributed by atoms with Crippen molar-refractivity contribution in [2.24, 2.45) is 5.92 Å². The van der Waals surface area contributed by atoms with Gasteiger partial charge in [0.1, 0.15) is 0 Å². The number of rotatable bonds is 4. The van der Waals surface area contributed by atoms with E-state index in [2.05, 4.69) is 5.32 Å². The fraction of sp³-hybridized carbons (Fsp3) is 0.462. The van der Waals surface area contributed by atoms with Crippen LogP contribution in [0.5, 0.6) is 0 Å². The van der Waals surface area contributed by atoms with Crippen LogP contribution in [0.1, 0.15) is 23.9 Å². The van der Waals surface area contributed by atoms with Crippen LogP contribution < -0.4 is 5.32 Å². The van der Waals surface area contributed by atoms with Crippen molar-refractivity contribution in [2.75, 3.05) is 13.1 Å². The van der Waals surface area contributed by atoms with Crippen LogP contribution in [0.2, 0.25) is 0 Å². The van der Waals surface area contributed by atoms with Gasteiger partial charge in [-0.15, -0.1) is 0 Å². The summed E-state index contributed by atoms with van der Waals surface area (Å²) in [4.78, 5) is 36.1. The third kappa shape index (κ3) is 2.81. The number of carbonyl (C=O) groups is 3. The molecule has 2 heterocycles. The van der Waals surface area contributed by atoms with Gasteiger partial charge in [0.2, 0.25) is 5.91 Å². The molecule has 7 nitrogen and oxygen atoms in total. The van der Waals surface area contributed by atoms with E-state index in [9.17, 15) is 14.4 Å². The van der Waals surface area contributed by atoms with Gasteiger partial charge >= 0.3 is 5.97 Å². The highest BCUT2D eigenvalue weighted by atomic mass is 16.4. The Morgan fingerprint density at radius 2 is 2.25 bits per heavy atom. The van der Waals surface area contributed by atoms with Crippen LogP contribution in [-0.4, -0.2) is 46.9 Å². The van der Waals surface area contributed by atoms with E-state index in [1.807, 2.05) is 0 Å². The molecular weight excluding hydrogens is 264 g/mol. The Bertz CT molecular complexity index is 511. The number of nitrogens with one attached hydrogen (secondary N) is 1. The summed E-state index contributed by atoms with van der Waals surface area (Å²) >= 11 is 0. The molecule has 2 amide bonds. The van der Waals surface area contributed by atoms with Crippen LogP contribution in [0, 0.1) is 5.92 Å². The fourth-order valence-corrected chi connectivity index (χ4v) is 2.37. The standard InChI is InChI=1S/C13H16N2O5/c1-8-9(13(18)19)4-5-15(8)11(16)7-14-12(17)10-3-2-6-20-10/h2-3,6,8-9H,4-5,7H2,1H3,(H,14,17)(H,18,19). The second-order valence-electron chi connectivity index (χ2n) is 4.72. The Morgan fingerprint density at radius 1 is 1.50 bits per heavy atom. The maximum absolute atomic E-state index is 12.0. The number of carboxylic acids is 1. The lowest BCUT2D eigenvalue weighted by Crippen LogP contribution is -2.43. The third-order valence-electron chi connectivity index (χ3n) is 3.54. The summed E-state index contributed by atoms with van der Waals surface area (Å²) < 4.78 is 4.91. The number of hydrogen-bond donors (Lipinski definition) is 2. The molecule has 2 unspecified atom stereocenters. The fourth-order valence-electron chi connectivity index (χ4n) is 2.37. The molecule has 108 valence electrons. The maximum atomic E-state index is 12.0. The van der Waals surface area contributed by atoms with Gasteiger partial charge < -0.3 is 19.7 Å². The van der Waals surface area contributed by atoms with Crippen molar-refractivity contribution in [1.29, 1.82) is 0 Å². The van der Waals surface area contributed by atoms with Gasteiger partial charge in [0.25, 0.3) is 5.91 Å². The van der Waals surface area contributed by atoms with Gasteiger partial charge in [0.05, 0.1) is 18.7 Å². The van der Waals surface area contributed by atoms with Crippen LogP contribution in [0.25, 0.3) is 0 Å². The molecule has 0 spiro atoms. The molecular formula is C13H16N2O5. The molecule has 1 aliphatic heterocycles. The molecule has 1 aromatic heterocycles. The molecule has 2 atom stereocenters. The number of hydrogen-bond acceptors (Lipinski definition) is 4. The van der Waals surface area contributed by atoms with E-state index in [4.69, 9.17) is 9.52 Å². The van der Waals surface area contributed by atoms with Crippen molar-refractivity contribution in [3.05, 3.63) is 24.2 Å². The molecule has 1 fully saturated rings. The Morgan fingerprint density at radius 3 is 2.80 bits per heavy atom. The zero-order valence-corrected chi connectivity index (χ0v) is 11.0. The second kappa shape index (κ2) is 5.77. The largest absolute Gasteiger partial charge is 0.481 e. The van der Waals surface area contributed by atoms with Crippen LogP contribution >= 0.6 is 0 Å². The number of amides is 2. The normalized spacial score (nSPS) is 21.8. The average Bonchev–Trinajstić information content (AvgIpc) is 3.04. The summed E-state index contributed by atoms with van der Waals surface area (Å²) in [7, 11) is 0. The Kier molecular flexibility index (Phi) is 4.07. The molecule has 1 saturated heterocycles. The third-order valence-corrected chi connectivity index (χ3v) is 3.54. The van der Waals surface area contributed by atoms with Gasteiger partial charge in [0.15, 0.2) is 5.76 Å². The summed E-state index contributed by atoms with van der Waals surface area (Å²) in [5.41, 5.74) is 0. The zero-order chi connectivity index (χ0) is 14.7. The summed E-state index contributed by atoms with van der Waals surface area (Å²) in [6.07, 6.45) is 1.81. The summed E-state index contributed by atoms with van der Waals surface area (Å²) in [5.74, 6) is -2.06. The highest BCUT2D eigenvalue weighted by Crippen LogP contribution is 2.24. The van der Waals surface area contributed by atoms with Crippen molar-refractivity contribution in [2.45, 2.75) is 19.4 Å². The molecule has 1 aliphatic rings. The van der Waals surface area contributed by atoms with Gasteiger partial charge in [-0.05, 0) is 25.5 Å². The predicted molar refractivity (Wildman–Crippen MR) is 68.0 cm³/mol. The summed E-state index contributed by atoms with van der Waals surface area (Å²) in [6, 6.07) is 2.72. The van der Waals surface area contributed by atoms with Gasteiger partial charge in [-0.3, -0.25) is 14.4 Å². The van der Waals surface area contributed by atoms with E-state index in [-0.39, 0.29) is 24.3 Å². The minimum Gasteiger partial charge on any atom is -0.481 e. The van der Waals surface area contributed by atoms with Gasteiger partial charge in [0, 0.05) is 12.6 Å². The van der Waals surface area contributed by atoms with Gasteiger partial charge in [-0.2, -0.15) is 0 Å². The van der Waals surface area contributed by atoms with E-state index in [1.165, 1.54) is 17.2 Å². The molecule has 0 saturated carbocycles. The van der Waals surface area contributed by atoms with Crippen molar-refractivity contribution < 1.29 is 23.9 Å². The Labute approximate surface area is 115 Å². The lowest BCUT2D eigenvalue weighted by molar-refractivity contribution is -0.143. The maximum Gasteiger partial charge on any atom is 0.308 e. The molecule has 2 rings (SSSR count). The van der Waals surface area contributed by atoms with Crippen molar-refractivity contribution in [1.82, 2.24) is 10.2 Å². The Balaban J connectivity index is 1.87. The van der Waals surface area contributed by atoms with Crippen LogP contribution in [0.4, 0.5) is 0 Å². The van der Waals surface area contributed by atoms with Crippen molar-refractivity contribution in [3.63, 3.8) is 0 Å². The first-order valence-corrected chi connectivity index (χ1v) is 6.34. The monoisotopic (exact) mass is 280 g/mol. The van der Waals surface area contributed by atoms with Crippen LogP contribution in [-0.2, 0) is 9.59 Å². The van der Waals surface area contributed by atoms with E-state index in [1.54, 1.807) is 13.0 Å². The van der Waals surface area contributed by atoms with E-state index >= 15 is 0 Å². The van der Waals surface area contributed by atoms with Gasteiger partial charge in [-0.1, -0.05) is 0 Å². The number of carbonyl (C=O) groups excluding carboxylic acids is 2. The number of likely N-dealkylation sites (tertiary alicyclic amines) is 1. The molecule has 0 aromatic carbocycles. The van der Waals surface area contributed by atoms with Gasteiger partial charge in [-0.25, -0.2) is 0 Å². The lowest BCUT2D eigenvalue weighted by Gasteiger charge is -2.23. The smallest absolute Gasteiger partial charge is 0.308 e. The Hall–Kier alpha value is -2.31. The van der Waals surface area contributed by atoms with E-state index in [0.717, 1.165) is 0 Å². The minimum atomic E-state index is -0.896. The highest BCUT2D eigenvalue weighted by molar-refractivity contribution is 5.94.